The van der Waals surface area contributed by atoms with E-state index in [1.807, 2.05) is 29.3 Å². The number of non-ortho nitro benzene ring substituents is 1. The fourth-order valence-electron chi connectivity index (χ4n) is 4.09. The van der Waals surface area contributed by atoms with Gasteiger partial charge in [0.1, 0.15) is 11.6 Å². The van der Waals surface area contributed by atoms with Crippen LogP contribution in [0.5, 0.6) is 0 Å². The van der Waals surface area contributed by atoms with E-state index < -0.39 is 0 Å². The average molecular weight is 480 g/mol. The molecule has 3 aromatic rings. The number of hydrogen-bond donors (Lipinski definition) is 0. The highest BCUT2D eigenvalue weighted by Gasteiger charge is 2.26. The second-order valence-electron chi connectivity index (χ2n) is 8.64. The Kier molecular flexibility index (Phi) is 7.21. The van der Waals surface area contributed by atoms with Gasteiger partial charge in [0.2, 0.25) is 0 Å². The van der Waals surface area contributed by atoms with Crippen molar-refractivity contribution in [2.75, 3.05) is 31.1 Å². The molecule has 0 saturated carbocycles. The minimum Gasteiger partial charge on any atom is -0.353 e. The van der Waals surface area contributed by atoms with Crippen molar-refractivity contribution in [2.45, 2.75) is 39.5 Å². The zero-order chi connectivity index (χ0) is 24.2. The molecule has 2 aromatic heterocycles. The summed E-state index contributed by atoms with van der Waals surface area (Å²) in [5.41, 5.74) is 3.01. The number of benzene rings is 1. The summed E-state index contributed by atoms with van der Waals surface area (Å²) < 4.78 is 0. The lowest BCUT2D eigenvalue weighted by Crippen LogP contribution is -2.49. The molecule has 1 fully saturated rings. The first-order valence-corrected chi connectivity index (χ1v) is 12.4. The molecule has 0 spiro atoms. The third-order valence-corrected chi connectivity index (χ3v) is 7.25. The number of rotatable bonds is 7. The normalized spacial score (nSPS) is 14.8. The third kappa shape index (κ3) is 5.09. The number of aryl methyl sites for hydroxylation is 1. The van der Waals surface area contributed by atoms with Gasteiger partial charge >= 0.3 is 0 Å². The second-order valence-corrected chi connectivity index (χ2v) is 9.58. The van der Waals surface area contributed by atoms with Crippen molar-refractivity contribution in [3.05, 3.63) is 79.4 Å². The predicted molar refractivity (Wildman–Crippen MR) is 134 cm³/mol. The van der Waals surface area contributed by atoms with E-state index in [0.717, 1.165) is 39.8 Å². The standard InChI is InChI=1S/C25H29N5O3S/c1-4-17(2)23-26-18(3)21(16-19-7-9-20(10-8-19)30(32)33)24(27-23)28-11-13-29(14-12-28)25(31)22-6-5-15-34-22/h5-10,15,17H,4,11-14,16H2,1-3H3. The highest BCUT2D eigenvalue weighted by Crippen LogP contribution is 2.28. The Morgan fingerprint density at radius 1 is 1.15 bits per heavy atom. The quantitative estimate of drug-likeness (QED) is 0.356. The number of carbonyl (C=O) groups is 1. The smallest absolute Gasteiger partial charge is 0.269 e. The van der Waals surface area contributed by atoms with Gasteiger partial charge in [0.05, 0.1) is 9.80 Å². The number of nitro benzene ring substituents is 1. The first-order chi connectivity index (χ1) is 16.4. The van der Waals surface area contributed by atoms with Crippen molar-refractivity contribution in [3.63, 3.8) is 0 Å². The van der Waals surface area contributed by atoms with Gasteiger partial charge in [0.25, 0.3) is 11.6 Å². The number of carbonyl (C=O) groups excluding carboxylic acids is 1. The molecule has 0 radical (unpaired) electrons. The minimum atomic E-state index is -0.387. The van der Waals surface area contributed by atoms with Crippen molar-refractivity contribution >= 4 is 28.7 Å². The molecule has 3 heterocycles. The van der Waals surface area contributed by atoms with E-state index in [4.69, 9.17) is 9.97 Å². The molecule has 4 rings (SSSR count). The predicted octanol–water partition coefficient (Wildman–Crippen LogP) is 4.82. The van der Waals surface area contributed by atoms with Crippen LogP contribution in [0, 0.1) is 17.0 Å². The van der Waals surface area contributed by atoms with Crippen LogP contribution in [0.2, 0.25) is 0 Å². The van der Waals surface area contributed by atoms with Gasteiger partial charge < -0.3 is 9.80 Å². The van der Waals surface area contributed by atoms with Gasteiger partial charge in [0, 0.05) is 61.9 Å². The van der Waals surface area contributed by atoms with E-state index in [0.29, 0.717) is 32.6 Å². The molecule has 34 heavy (non-hydrogen) atoms. The summed E-state index contributed by atoms with van der Waals surface area (Å²) in [5, 5.41) is 12.9. The Hall–Kier alpha value is -3.33. The zero-order valence-corrected chi connectivity index (χ0v) is 20.5. The SMILES string of the molecule is CCC(C)c1nc(C)c(Cc2ccc([N+](=O)[O-])cc2)c(N2CCN(C(=O)c3cccs3)CC2)n1. The van der Waals surface area contributed by atoms with E-state index >= 15 is 0 Å². The van der Waals surface area contributed by atoms with Crippen LogP contribution in [0.25, 0.3) is 0 Å². The molecule has 0 N–H and O–H groups in total. The molecule has 1 amide bonds. The molecule has 8 nitrogen and oxygen atoms in total. The average Bonchev–Trinajstić information content (AvgIpc) is 3.39. The van der Waals surface area contributed by atoms with Crippen molar-refractivity contribution in [1.29, 1.82) is 0 Å². The summed E-state index contributed by atoms with van der Waals surface area (Å²) in [6.45, 7) is 8.93. The maximum Gasteiger partial charge on any atom is 0.269 e. The van der Waals surface area contributed by atoms with Crippen LogP contribution in [-0.4, -0.2) is 51.9 Å². The van der Waals surface area contributed by atoms with Crippen LogP contribution in [0.1, 0.15) is 58.5 Å². The molecule has 1 atom stereocenters. The van der Waals surface area contributed by atoms with Crippen LogP contribution >= 0.6 is 11.3 Å². The van der Waals surface area contributed by atoms with E-state index in [2.05, 4.69) is 18.7 Å². The summed E-state index contributed by atoms with van der Waals surface area (Å²) in [7, 11) is 0. The van der Waals surface area contributed by atoms with Crippen molar-refractivity contribution in [2.24, 2.45) is 0 Å². The number of amides is 1. The molecule has 0 bridgehead atoms. The van der Waals surface area contributed by atoms with Gasteiger partial charge in [-0.2, -0.15) is 0 Å². The molecular weight excluding hydrogens is 450 g/mol. The Morgan fingerprint density at radius 3 is 2.44 bits per heavy atom. The van der Waals surface area contributed by atoms with Crippen LogP contribution in [-0.2, 0) is 6.42 Å². The Morgan fingerprint density at radius 2 is 1.85 bits per heavy atom. The summed E-state index contributed by atoms with van der Waals surface area (Å²) in [4.78, 5) is 38.1. The summed E-state index contributed by atoms with van der Waals surface area (Å²) in [6, 6.07) is 10.4. The lowest BCUT2D eigenvalue weighted by atomic mass is 10.0. The van der Waals surface area contributed by atoms with Crippen LogP contribution < -0.4 is 4.90 Å². The number of piperazine rings is 1. The van der Waals surface area contributed by atoms with E-state index in [1.165, 1.54) is 23.5 Å². The molecule has 1 aliphatic rings. The molecule has 1 aromatic carbocycles. The monoisotopic (exact) mass is 479 g/mol. The Balaban J connectivity index is 1.60. The summed E-state index contributed by atoms with van der Waals surface area (Å²) in [5.74, 6) is 2.07. The van der Waals surface area contributed by atoms with Crippen molar-refractivity contribution in [1.82, 2.24) is 14.9 Å². The van der Waals surface area contributed by atoms with Gasteiger partial charge in [-0.3, -0.25) is 14.9 Å². The first kappa shape index (κ1) is 23.8. The number of thiophene rings is 1. The van der Waals surface area contributed by atoms with Crippen LogP contribution in [0.3, 0.4) is 0 Å². The fourth-order valence-corrected chi connectivity index (χ4v) is 4.78. The second kappa shape index (κ2) is 10.3. The molecule has 9 heteroatoms. The van der Waals surface area contributed by atoms with Gasteiger partial charge in [-0.05, 0) is 30.4 Å². The fraction of sp³-hybridized carbons (Fsp3) is 0.400. The Bertz CT molecular complexity index is 1160. The van der Waals surface area contributed by atoms with Crippen molar-refractivity contribution in [3.8, 4) is 0 Å². The number of hydrogen-bond acceptors (Lipinski definition) is 7. The van der Waals surface area contributed by atoms with Gasteiger partial charge in [-0.1, -0.05) is 32.0 Å². The topological polar surface area (TPSA) is 92.5 Å². The largest absolute Gasteiger partial charge is 0.353 e. The van der Waals surface area contributed by atoms with E-state index in [-0.39, 0.29) is 22.4 Å². The maximum absolute atomic E-state index is 12.8. The molecule has 1 unspecified atom stereocenters. The highest BCUT2D eigenvalue weighted by molar-refractivity contribution is 7.12. The van der Waals surface area contributed by atoms with Crippen LogP contribution in [0.15, 0.2) is 41.8 Å². The lowest BCUT2D eigenvalue weighted by Gasteiger charge is -2.36. The maximum atomic E-state index is 12.8. The van der Waals surface area contributed by atoms with E-state index in [9.17, 15) is 14.9 Å². The number of nitrogens with zero attached hydrogens (tertiary/aromatic N) is 5. The zero-order valence-electron chi connectivity index (χ0n) is 19.7. The molecule has 0 aliphatic carbocycles. The third-order valence-electron chi connectivity index (χ3n) is 6.39. The highest BCUT2D eigenvalue weighted by atomic mass is 32.1. The molecule has 1 saturated heterocycles. The van der Waals surface area contributed by atoms with Gasteiger partial charge in [0.15, 0.2) is 0 Å². The van der Waals surface area contributed by atoms with Gasteiger partial charge in [-0.15, -0.1) is 11.3 Å². The first-order valence-electron chi connectivity index (χ1n) is 11.6. The van der Waals surface area contributed by atoms with Gasteiger partial charge in [-0.25, -0.2) is 9.97 Å². The van der Waals surface area contributed by atoms with Crippen LogP contribution in [0.4, 0.5) is 11.5 Å². The Labute approximate surface area is 203 Å². The summed E-state index contributed by atoms with van der Waals surface area (Å²) in [6.07, 6.45) is 1.54. The number of nitro groups is 1. The van der Waals surface area contributed by atoms with E-state index in [1.54, 1.807) is 12.1 Å². The molecular formula is C25H29N5O3S. The molecule has 1 aliphatic heterocycles. The minimum absolute atomic E-state index is 0.0793. The lowest BCUT2D eigenvalue weighted by molar-refractivity contribution is -0.384. The summed E-state index contributed by atoms with van der Waals surface area (Å²) >= 11 is 1.47. The molecule has 178 valence electrons. The number of aromatic nitrogens is 2. The van der Waals surface area contributed by atoms with Crippen molar-refractivity contribution < 1.29 is 9.72 Å². The number of anilines is 1.